The maximum atomic E-state index is 11.4. The average Bonchev–Trinajstić information content (AvgIpc) is 2.76. The Labute approximate surface area is 111 Å². The highest BCUT2D eigenvalue weighted by atomic mass is 16.5. The summed E-state index contributed by atoms with van der Waals surface area (Å²) in [5, 5.41) is 10.7. The molecule has 0 aliphatic heterocycles. The van der Waals surface area contributed by atoms with Gasteiger partial charge in [0.15, 0.2) is 0 Å². The summed E-state index contributed by atoms with van der Waals surface area (Å²) in [4.78, 5) is 11.4. The summed E-state index contributed by atoms with van der Waals surface area (Å²) in [6, 6.07) is 5.54. The minimum Gasteiger partial charge on any atom is -0.497 e. The molecule has 1 heterocycles. The highest BCUT2D eigenvalue weighted by molar-refractivity contribution is 5.87. The van der Waals surface area contributed by atoms with Crippen molar-refractivity contribution >= 4 is 16.9 Å². The van der Waals surface area contributed by atoms with Crippen LogP contribution in [-0.2, 0) is 16.1 Å². The van der Waals surface area contributed by atoms with E-state index in [-0.39, 0.29) is 12.5 Å². The smallest absolute Gasteiger partial charge is 0.325 e. The Kier molecular flexibility index (Phi) is 3.76. The number of rotatable bonds is 4. The molecule has 19 heavy (non-hydrogen) atoms. The fraction of sp³-hybridized carbons (Fsp3) is 0.357. The Bertz CT molecular complexity index is 601. The number of esters is 1. The Hall–Kier alpha value is -2.01. The van der Waals surface area contributed by atoms with Crippen molar-refractivity contribution in [2.45, 2.75) is 19.6 Å². The maximum absolute atomic E-state index is 11.4. The van der Waals surface area contributed by atoms with Gasteiger partial charge in [0, 0.05) is 22.7 Å². The summed E-state index contributed by atoms with van der Waals surface area (Å²) in [5.74, 6) is 0.384. The van der Waals surface area contributed by atoms with Crippen LogP contribution in [0.5, 0.6) is 5.75 Å². The van der Waals surface area contributed by atoms with Crippen LogP contribution >= 0.6 is 0 Å². The standard InChI is InChI=1S/C14H17NO4/c1-9(16)12-7-15(8-14(17)19-3)13-5-4-10(18-2)6-11(12)13/h4-7,9,16H,8H2,1-3H3. The van der Waals surface area contributed by atoms with Crippen molar-refractivity contribution in [1.29, 1.82) is 0 Å². The largest absolute Gasteiger partial charge is 0.497 e. The molecule has 0 radical (unpaired) electrons. The molecule has 0 bridgehead atoms. The quantitative estimate of drug-likeness (QED) is 0.855. The molecule has 2 aromatic rings. The van der Waals surface area contributed by atoms with Crippen LogP contribution in [0.1, 0.15) is 18.6 Å². The van der Waals surface area contributed by atoms with Gasteiger partial charge in [0.1, 0.15) is 12.3 Å². The second kappa shape index (κ2) is 5.32. The van der Waals surface area contributed by atoms with Gasteiger partial charge in [0.2, 0.25) is 0 Å². The summed E-state index contributed by atoms with van der Waals surface area (Å²) in [5.41, 5.74) is 1.62. The van der Waals surface area contributed by atoms with Crippen molar-refractivity contribution in [2.24, 2.45) is 0 Å². The number of aromatic nitrogens is 1. The zero-order chi connectivity index (χ0) is 14.0. The number of ether oxygens (including phenoxy) is 2. The van der Waals surface area contributed by atoms with Gasteiger partial charge in [-0.15, -0.1) is 0 Å². The predicted octanol–water partition coefficient (Wildman–Crippen LogP) is 1.88. The first-order valence-electron chi connectivity index (χ1n) is 5.98. The van der Waals surface area contributed by atoms with E-state index in [4.69, 9.17) is 4.74 Å². The first-order valence-corrected chi connectivity index (χ1v) is 5.98. The van der Waals surface area contributed by atoms with Crippen molar-refractivity contribution in [3.8, 4) is 5.75 Å². The fourth-order valence-electron chi connectivity index (χ4n) is 2.10. The van der Waals surface area contributed by atoms with Gasteiger partial charge in [-0.05, 0) is 25.1 Å². The molecule has 0 aliphatic carbocycles. The van der Waals surface area contributed by atoms with Gasteiger partial charge in [0.25, 0.3) is 0 Å². The van der Waals surface area contributed by atoms with Gasteiger partial charge < -0.3 is 19.1 Å². The van der Waals surface area contributed by atoms with E-state index in [1.807, 2.05) is 18.2 Å². The molecule has 1 N–H and O–H groups in total. The number of aliphatic hydroxyl groups excluding tert-OH is 1. The zero-order valence-corrected chi connectivity index (χ0v) is 11.2. The van der Waals surface area contributed by atoms with Gasteiger partial charge in [-0.3, -0.25) is 4.79 Å². The topological polar surface area (TPSA) is 60.7 Å². The maximum Gasteiger partial charge on any atom is 0.325 e. The van der Waals surface area contributed by atoms with Crippen LogP contribution in [-0.4, -0.2) is 29.9 Å². The lowest BCUT2D eigenvalue weighted by Crippen LogP contribution is -2.10. The molecular formula is C14H17NO4. The number of carbonyl (C=O) groups excluding carboxylic acids is 1. The molecule has 1 atom stereocenters. The van der Waals surface area contributed by atoms with E-state index >= 15 is 0 Å². The number of hydrogen-bond acceptors (Lipinski definition) is 4. The third-order valence-electron chi connectivity index (χ3n) is 3.10. The van der Waals surface area contributed by atoms with E-state index in [1.165, 1.54) is 7.11 Å². The van der Waals surface area contributed by atoms with Gasteiger partial charge >= 0.3 is 5.97 Å². The lowest BCUT2D eigenvalue weighted by molar-refractivity contribution is -0.141. The van der Waals surface area contributed by atoms with Crippen molar-refractivity contribution < 1.29 is 19.4 Å². The third kappa shape index (κ3) is 2.56. The van der Waals surface area contributed by atoms with Crippen LogP contribution < -0.4 is 4.74 Å². The average molecular weight is 263 g/mol. The molecule has 0 aliphatic rings. The summed E-state index contributed by atoms with van der Waals surface area (Å²) in [6.07, 6.45) is 1.15. The molecule has 102 valence electrons. The number of fused-ring (bicyclic) bond motifs is 1. The monoisotopic (exact) mass is 263 g/mol. The third-order valence-corrected chi connectivity index (χ3v) is 3.10. The van der Waals surface area contributed by atoms with Gasteiger partial charge in [-0.25, -0.2) is 0 Å². The highest BCUT2D eigenvalue weighted by Gasteiger charge is 2.15. The van der Waals surface area contributed by atoms with Crippen molar-refractivity contribution in [2.75, 3.05) is 14.2 Å². The first kappa shape index (κ1) is 13.4. The predicted molar refractivity (Wildman–Crippen MR) is 71.1 cm³/mol. The van der Waals surface area contributed by atoms with Crippen molar-refractivity contribution in [1.82, 2.24) is 4.57 Å². The molecule has 5 heteroatoms. The molecule has 0 spiro atoms. The molecule has 0 saturated carbocycles. The van der Waals surface area contributed by atoms with Crippen LogP contribution in [0, 0.1) is 0 Å². The van der Waals surface area contributed by atoms with Crippen LogP contribution in [0.3, 0.4) is 0 Å². The Morgan fingerprint density at radius 3 is 2.74 bits per heavy atom. The molecular weight excluding hydrogens is 246 g/mol. The Balaban J connectivity index is 2.56. The van der Waals surface area contributed by atoms with Crippen LogP contribution in [0.4, 0.5) is 0 Å². The lowest BCUT2D eigenvalue weighted by Gasteiger charge is -2.04. The summed E-state index contributed by atoms with van der Waals surface area (Å²) in [7, 11) is 2.95. The number of hydrogen-bond donors (Lipinski definition) is 1. The van der Waals surface area contributed by atoms with Gasteiger partial charge in [-0.2, -0.15) is 0 Å². The molecule has 1 unspecified atom stereocenters. The molecule has 0 saturated heterocycles. The van der Waals surface area contributed by atoms with Gasteiger partial charge in [-0.1, -0.05) is 0 Å². The van der Waals surface area contributed by atoms with Gasteiger partial charge in [0.05, 0.1) is 20.3 Å². The molecule has 0 amide bonds. The van der Waals surface area contributed by atoms with E-state index in [2.05, 4.69) is 4.74 Å². The Morgan fingerprint density at radius 1 is 1.42 bits per heavy atom. The van der Waals surface area contributed by atoms with Crippen LogP contribution in [0.2, 0.25) is 0 Å². The minimum absolute atomic E-state index is 0.117. The van der Waals surface area contributed by atoms with E-state index in [0.29, 0.717) is 5.75 Å². The molecule has 2 rings (SSSR count). The van der Waals surface area contributed by atoms with E-state index in [9.17, 15) is 9.90 Å². The number of methoxy groups -OCH3 is 2. The van der Waals surface area contributed by atoms with E-state index in [0.717, 1.165) is 16.5 Å². The SMILES string of the molecule is COC(=O)Cn1cc(C(C)O)c2cc(OC)ccc21. The van der Waals surface area contributed by atoms with Crippen LogP contribution in [0.15, 0.2) is 24.4 Å². The van der Waals surface area contributed by atoms with Crippen molar-refractivity contribution in [3.63, 3.8) is 0 Å². The van der Waals surface area contributed by atoms with Crippen LogP contribution in [0.25, 0.3) is 10.9 Å². The fourth-order valence-corrected chi connectivity index (χ4v) is 2.10. The number of nitrogens with zero attached hydrogens (tertiary/aromatic N) is 1. The highest BCUT2D eigenvalue weighted by Crippen LogP contribution is 2.29. The molecule has 1 aromatic heterocycles. The summed E-state index contributed by atoms with van der Waals surface area (Å²) in [6.45, 7) is 1.81. The summed E-state index contributed by atoms with van der Waals surface area (Å²) >= 11 is 0. The van der Waals surface area contributed by atoms with E-state index < -0.39 is 6.10 Å². The number of aliphatic hydroxyl groups is 1. The lowest BCUT2D eigenvalue weighted by atomic mass is 10.1. The Morgan fingerprint density at radius 2 is 2.16 bits per heavy atom. The van der Waals surface area contributed by atoms with Crippen molar-refractivity contribution in [3.05, 3.63) is 30.0 Å². The van der Waals surface area contributed by atoms with E-state index in [1.54, 1.807) is 24.8 Å². The zero-order valence-electron chi connectivity index (χ0n) is 11.2. The molecule has 0 fully saturated rings. The second-order valence-corrected chi connectivity index (χ2v) is 4.35. The number of carbonyl (C=O) groups is 1. The second-order valence-electron chi connectivity index (χ2n) is 4.35. The first-order chi connectivity index (χ1) is 9.06. The normalized spacial score (nSPS) is 12.4. The summed E-state index contributed by atoms with van der Waals surface area (Å²) < 4.78 is 11.6. The molecule has 1 aromatic carbocycles. The minimum atomic E-state index is -0.617. The number of benzene rings is 1. The molecule has 5 nitrogen and oxygen atoms in total.